The van der Waals surface area contributed by atoms with Crippen LogP contribution in [0.3, 0.4) is 0 Å². The average Bonchev–Trinajstić information content (AvgIpc) is 3.04. The molecule has 1 aromatic carbocycles. The van der Waals surface area contributed by atoms with E-state index in [1.807, 2.05) is 36.4 Å². The van der Waals surface area contributed by atoms with Crippen molar-refractivity contribution in [3.8, 4) is 17.5 Å². The lowest BCUT2D eigenvalue weighted by atomic mass is 10.1. The second-order valence-electron chi connectivity index (χ2n) is 5.25. The molecule has 0 N–H and O–H groups in total. The normalized spacial score (nSPS) is 10.5. The third-order valence-electron chi connectivity index (χ3n) is 3.60. The maximum atomic E-state index is 9.21. The zero-order valence-corrected chi connectivity index (χ0v) is 14.2. The highest BCUT2D eigenvalue weighted by Gasteiger charge is 2.14. The van der Waals surface area contributed by atoms with Crippen LogP contribution in [0.2, 0.25) is 0 Å². The molecule has 0 atom stereocenters. The molecule has 0 radical (unpaired) electrons. The fourth-order valence-corrected chi connectivity index (χ4v) is 3.40. The summed E-state index contributed by atoms with van der Waals surface area (Å²) in [5.41, 5.74) is 2.73. The van der Waals surface area contributed by atoms with Gasteiger partial charge in [-0.2, -0.15) is 5.26 Å². The Morgan fingerprint density at radius 1 is 1.12 bits per heavy atom. The van der Waals surface area contributed by atoms with Crippen LogP contribution in [0.4, 0.5) is 0 Å². The lowest BCUT2D eigenvalue weighted by molar-refractivity contribution is 0.626. The van der Waals surface area contributed by atoms with E-state index in [9.17, 15) is 5.26 Å². The van der Waals surface area contributed by atoms with E-state index in [2.05, 4.69) is 32.7 Å². The second-order valence-corrected chi connectivity index (χ2v) is 6.19. The molecule has 3 rings (SSSR count). The summed E-state index contributed by atoms with van der Waals surface area (Å²) >= 11 is 1.61. The van der Waals surface area contributed by atoms with E-state index < -0.39 is 0 Å². The van der Waals surface area contributed by atoms with Gasteiger partial charge in [0.25, 0.3) is 0 Å². The third kappa shape index (κ3) is 3.47. The first-order valence-electron chi connectivity index (χ1n) is 7.78. The van der Waals surface area contributed by atoms with E-state index >= 15 is 0 Å². The smallest absolute Gasteiger partial charge is 0.191 e. The first kappa shape index (κ1) is 16.2. The Kier molecular flexibility index (Phi) is 5.24. The monoisotopic (exact) mass is 335 g/mol. The molecule has 3 aromatic rings. The first-order chi connectivity index (χ1) is 11.8. The largest absolute Gasteiger partial charge is 0.302 e. The summed E-state index contributed by atoms with van der Waals surface area (Å²) < 4.78 is 2.13. The fourth-order valence-electron chi connectivity index (χ4n) is 2.43. The van der Waals surface area contributed by atoms with Crippen molar-refractivity contribution >= 4 is 11.8 Å². The molecule has 0 aliphatic heterocycles. The molecule has 0 bridgehead atoms. The van der Waals surface area contributed by atoms with Gasteiger partial charge < -0.3 is 4.57 Å². The van der Waals surface area contributed by atoms with Gasteiger partial charge in [0.05, 0.1) is 11.6 Å². The Morgan fingerprint density at radius 3 is 2.67 bits per heavy atom. The predicted molar refractivity (Wildman–Crippen MR) is 94.3 cm³/mol. The first-order valence-corrected chi connectivity index (χ1v) is 8.76. The minimum absolute atomic E-state index is 0.696. The molecule has 2 heterocycles. The van der Waals surface area contributed by atoms with Crippen molar-refractivity contribution in [2.24, 2.45) is 0 Å². The molecule has 0 amide bonds. The molecule has 0 fully saturated rings. The Morgan fingerprint density at radius 2 is 1.92 bits per heavy atom. The van der Waals surface area contributed by atoms with Gasteiger partial charge in [-0.3, -0.25) is 4.98 Å². The van der Waals surface area contributed by atoms with Crippen molar-refractivity contribution in [3.63, 3.8) is 0 Å². The van der Waals surface area contributed by atoms with E-state index in [1.165, 1.54) is 0 Å². The molecule has 5 nitrogen and oxygen atoms in total. The van der Waals surface area contributed by atoms with Gasteiger partial charge in [-0.25, -0.2) is 0 Å². The topological polar surface area (TPSA) is 67.4 Å². The number of thioether (sulfide) groups is 1. The molecule has 0 unspecified atom stereocenters. The molecular formula is C18H17N5S. The summed E-state index contributed by atoms with van der Waals surface area (Å²) in [6.45, 7) is 2.99. The van der Waals surface area contributed by atoms with E-state index in [0.717, 1.165) is 35.1 Å². The lowest BCUT2D eigenvalue weighted by Crippen LogP contribution is -2.02. The number of pyridine rings is 1. The van der Waals surface area contributed by atoms with Crippen LogP contribution in [-0.4, -0.2) is 19.7 Å². The highest BCUT2D eigenvalue weighted by molar-refractivity contribution is 7.98. The van der Waals surface area contributed by atoms with Gasteiger partial charge in [0.1, 0.15) is 0 Å². The zero-order chi connectivity index (χ0) is 16.8. The molecule has 0 saturated carbocycles. The van der Waals surface area contributed by atoms with Gasteiger partial charge >= 0.3 is 0 Å². The second kappa shape index (κ2) is 7.75. The summed E-state index contributed by atoms with van der Waals surface area (Å²) in [4.78, 5) is 4.06. The van der Waals surface area contributed by atoms with Crippen LogP contribution in [0.1, 0.15) is 24.5 Å². The maximum Gasteiger partial charge on any atom is 0.191 e. The maximum absolute atomic E-state index is 9.21. The van der Waals surface area contributed by atoms with Crippen molar-refractivity contribution in [1.82, 2.24) is 19.7 Å². The molecule has 0 aliphatic carbocycles. The molecule has 120 valence electrons. The summed E-state index contributed by atoms with van der Waals surface area (Å²) in [5.74, 6) is 1.55. The number of rotatable bonds is 6. The van der Waals surface area contributed by atoms with Crippen molar-refractivity contribution in [2.75, 3.05) is 0 Å². The van der Waals surface area contributed by atoms with Gasteiger partial charge in [-0.1, -0.05) is 36.9 Å². The van der Waals surface area contributed by atoms with Crippen LogP contribution in [0, 0.1) is 11.3 Å². The summed E-state index contributed by atoms with van der Waals surface area (Å²) in [6, 6.07) is 13.8. The van der Waals surface area contributed by atoms with E-state index in [1.54, 1.807) is 24.2 Å². The Balaban J connectivity index is 1.86. The van der Waals surface area contributed by atoms with Crippen LogP contribution in [-0.2, 0) is 12.3 Å². The van der Waals surface area contributed by atoms with Gasteiger partial charge in [0.2, 0.25) is 0 Å². The number of hydrogen-bond donors (Lipinski definition) is 0. The van der Waals surface area contributed by atoms with Crippen molar-refractivity contribution in [3.05, 3.63) is 59.9 Å². The van der Waals surface area contributed by atoms with Crippen molar-refractivity contribution in [2.45, 2.75) is 30.8 Å². The predicted octanol–water partition coefficient (Wildman–Crippen LogP) is 3.91. The summed E-state index contributed by atoms with van der Waals surface area (Å²) in [5, 5.41) is 18.8. The number of benzene rings is 1. The van der Waals surface area contributed by atoms with Crippen LogP contribution in [0.5, 0.6) is 0 Å². The van der Waals surface area contributed by atoms with E-state index in [4.69, 9.17) is 0 Å². The molecule has 0 spiro atoms. The fraction of sp³-hybridized carbons (Fsp3) is 0.222. The van der Waals surface area contributed by atoms with Crippen molar-refractivity contribution < 1.29 is 0 Å². The number of nitriles is 1. The van der Waals surface area contributed by atoms with Gasteiger partial charge in [0.15, 0.2) is 11.0 Å². The third-order valence-corrected chi connectivity index (χ3v) is 4.61. The molecule has 2 aromatic heterocycles. The quantitative estimate of drug-likeness (QED) is 0.639. The van der Waals surface area contributed by atoms with Crippen LogP contribution in [0.15, 0.2) is 53.9 Å². The number of nitrogens with zero attached hydrogens (tertiary/aromatic N) is 5. The van der Waals surface area contributed by atoms with Crippen LogP contribution < -0.4 is 0 Å². The number of aromatic nitrogens is 4. The standard InChI is InChI=1S/C18H17N5S/c1-2-11-23-17(14-7-9-20-10-8-14)21-22-18(23)24-13-16-6-4-3-5-15(16)12-19/h3-10H,2,11,13H2,1H3. The minimum Gasteiger partial charge on any atom is -0.302 e. The van der Waals surface area contributed by atoms with Gasteiger partial charge in [-0.05, 0) is 30.2 Å². The average molecular weight is 335 g/mol. The Labute approximate surface area is 145 Å². The Hall–Kier alpha value is -2.65. The van der Waals surface area contributed by atoms with Crippen LogP contribution in [0.25, 0.3) is 11.4 Å². The SMILES string of the molecule is CCCn1c(SCc2ccccc2C#N)nnc1-c1ccncc1. The highest BCUT2D eigenvalue weighted by atomic mass is 32.2. The zero-order valence-electron chi connectivity index (χ0n) is 13.4. The molecular weight excluding hydrogens is 318 g/mol. The number of hydrogen-bond acceptors (Lipinski definition) is 5. The van der Waals surface area contributed by atoms with E-state index in [0.29, 0.717) is 11.3 Å². The van der Waals surface area contributed by atoms with Gasteiger partial charge in [-0.15, -0.1) is 10.2 Å². The summed E-state index contributed by atoms with van der Waals surface area (Å²) in [6.07, 6.45) is 4.52. The molecule has 0 saturated heterocycles. The molecule has 24 heavy (non-hydrogen) atoms. The van der Waals surface area contributed by atoms with E-state index in [-0.39, 0.29) is 0 Å². The minimum atomic E-state index is 0.696. The van der Waals surface area contributed by atoms with Crippen LogP contribution >= 0.6 is 11.8 Å². The summed E-state index contributed by atoms with van der Waals surface area (Å²) in [7, 11) is 0. The van der Waals surface area contributed by atoms with Crippen molar-refractivity contribution in [1.29, 1.82) is 5.26 Å². The Bertz CT molecular complexity index is 851. The molecule has 0 aliphatic rings. The lowest BCUT2D eigenvalue weighted by Gasteiger charge is -2.09. The molecule has 6 heteroatoms. The highest BCUT2D eigenvalue weighted by Crippen LogP contribution is 2.27. The van der Waals surface area contributed by atoms with Gasteiger partial charge in [0, 0.05) is 30.3 Å².